The van der Waals surface area contributed by atoms with Crippen LogP contribution in [0.25, 0.3) is 22.3 Å². The van der Waals surface area contributed by atoms with Crippen molar-refractivity contribution < 1.29 is 13.2 Å². The minimum absolute atomic E-state index is 0. The molecule has 0 spiro atoms. The number of likely N-dealkylation sites (tertiary alicyclic amines) is 1. The maximum Gasteiger partial charge on any atom is 0.401 e. The summed E-state index contributed by atoms with van der Waals surface area (Å²) in [5.74, 6) is 2.80. The van der Waals surface area contributed by atoms with Crippen LogP contribution in [-0.4, -0.2) is 82.4 Å². The maximum absolute atomic E-state index is 12.7. The van der Waals surface area contributed by atoms with Crippen molar-refractivity contribution >= 4 is 36.0 Å². The van der Waals surface area contributed by atoms with E-state index in [0.29, 0.717) is 49.5 Å². The fourth-order valence-electron chi connectivity index (χ4n) is 5.62. The van der Waals surface area contributed by atoms with Gasteiger partial charge < -0.3 is 15.5 Å². The van der Waals surface area contributed by atoms with E-state index in [9.17, 15) is 13.2 Å². The highest BCUT2D eigenvalue weighted by Crippen LogP contribution is 2.45. The summed E-state index contributed by atoms with van der Waals surface area (Å²) in [7, 11) is 0. The number of piperidine rings is 1. The average Bonchev–Trinajstić information content (AvgIpc) is 3.74. The Hall–Kier alpha value is -2.70. The minimum atomic E-state index is -4.16. The molecule has 0 bridgehead atoms. The molecule has 2 aliphatic heterocycles. The van der Waals surface area contributed by atoms with Crippen LogP contribution in [0.1, 0.15) is 44.1 Å². The van der Waals surface area contributed by atoms with Crippen molar-refractivity contribution in [3.63, 3.8) is 0 Å². The standard InChI is InChI=1S/C27H33F3N8.H2S/c1-17-15-38(11-8-32-17)26-24-21(18-2-3-18)13-31-14-22(24)35-25(36-26)19-4-7-33-23(12-19)34-20-5-9-37(10-6-20)16-27(28,29)30;/h4,7,12-14,17-18,20,32H,2-3,5-6,8-11,15-16H2,1H3,(H,33,34);1H2/t17-;/m0./s1. The van der Waals surface area contributed by atoms with Crippen LogP contribution < -0.4 is 15.5 Å². The predicted molar refractivity (Wildman–Crippen MR) is 152 cm³/mol. The lowest BCUT2D eigenvalue weighted by Crippen LogP contribution is -2.49. The normalized spacial score (nSPS) is 21.1. The van der Waals surface area contributed by atoms with Crippen molar-refractivity contribution in [2.24, 2.45) is 0 Å². The summed E-state index contributed by atoms with van der Waals surface area (Å²) < 4.78 is 38.2. The lowest BCUT2D eigenvalue weighted by atomic mass is 10.0. The molecule has 1 aliphatic carbocycles. The Morgan fingerprint density at radius 3 is 2.59 bits per heavy atom. The van der Waals surface area contributed by atoms with Gasteiger partial charge in [-0.3, -0.25) is 9.88 Å². The van der Waals surface area contributed by atoms with Gasteiger partial charge in [0, 0.05) is 68.2 Å². The highest BCUT2D eigenvalue weighted by atomic mass is 32.1. The molecule has 3 aromatic heterocycles. The Kier molecular flexibility index (Phi) is 8.16. The van der Waals surface area contributed by atoms with Gasteiger partial charge in [0.15, 0.2) is 5.82 Å². The van der Waals surface area contributed by atoms with Crippen LogP contribution in [0.2, 0.25) is 0 Å². The SMILES string of the molecule is C[C@H]1CN(c2nc(-c3ccnc(NC4CCN(CC(F)(F)F)CC4)c3)nc3cncc(C4CC4)c23)CCN1.S. The molecule has 3 fully saturated rings. The molecule has 3 aromatic rings. The fraction of sp³-hybridized carbons (Fsp3) is 0.556. The monoisotopic (exact) mass is 560 g/mol. The number of halogens is 3. The Labute approximate surface area is 233 Å². The van der Waals surface area contributed by atoms with E-state index < -0.39 is 12.7 Å². The van der Waals surface area contributed by atoms with Gasteiger partial charge in [-0.1, -0.05) is 0 Å². The van der Waals surface area contributed by atoms with E-state index in [1.54, 1.807) is 6.20 Å². The number of fused-ring (bicyclic) bond motifs is 1. The molecule has 12 heteroatoms. The molecule has 3 aliphatic rings. The van der Waals surface area contributed by atoms with Crippen molar-refractivity contribution in [1.29, 1.82) is 0 Å². The van der Waals surface area contributed by atoms with Crippen LogP contribution in [0.15, 0.2) is 30.7 Å². The van der Waals surface area contributed by atoms with E-state index in [1.165, 1.54) is 23.3 Å². The topological polar surface area (TPSA) is 82.1 Å². The van der Waals surface area contributed by atoms with Gasteiger partial charge >= 0.3 is 6.18 Å². The van der Waals surface area contributed by atoms with Crippen molar-refractivity contribution in [3.8, 4) is 11.4 Å². The second kappa shape index (κ2) is 11.4. The number of anilines is 2. The molecular weight excluding hydrogens is 525 g/mol. The van der Waals surface area contributed by atoms with E-state index in [1.807, 2.05) is 24.5 Å². The van der Waals surface area contributed by atoms with E-state index >= 15 is 0 Å². The first-order valence-corrected chi connectivity index (χ1v) is 13.5. The van der Waals surface area contributed by atoms with Crippen molar-refractivity contribution in [1.82, 2.24) is 30.2 Å². The molecule has 39 heavy (non-hydrogen) atoms. The number of nitrogens with zero attached hydrogens (tertiary/aromatic N) is 6. The molecule has 1 saturated carbocycles. The molecule has 5 heterocycles. The van der Waals surface area contributed by atoms with E-state index in [2.05, 4.69) is 32.4 Å². The van der Waals surface area contributed by atoms with Gasteiger partial charge in [-0.25, -0.2) is 15.0 Å². The van der Waals surface area contributed by atoms with E-state index in [4.69, 9.17) is 9.97 Å². The first-order chi connectivity index (χ1) is 18.3. The summed E-state index contributed by atoms with van der Waals surface area (Å²) in [5, 5.41) is 8.04. The zero-order valence-corrected chi connectivity index (χ0v) is 23.0. The molecule has 0 amide bonds. The van der Waals surface area contributed by atoms with Crippen LogP contribution in [0, 0.1) is 0 Å². The number of rotatable bonds is 6. The summed E-state index contributed by atoms with van der Waals surface area (Å²) in [6.07, 6.45) is 5.00. The second-order valence-corrected chi connectivity index (χ2v) is 10.8. The quantitative estimate of drug-likeness (QED) is 0.462. The molecule has 0 radical (unpaired) electrons. The third kappa shape index (κ3) is 6.55. The third-order valence-electron chi connectivity index (χ3n) is 7.66. The summed E-state index contributed by atoms with van der Waals surface area (Å²) in [5.41, 5.74) is 2.94. The van der Waals surface area contributed by atoms with E-state index in [-0.39, 0.29) is 19.5 Å². The largest absolute Gasteiger partial charge is 0.401 e. The Morgan fingerprint density at radius 1 is 1.08 bits per heavy atom. The van der Waals surface area contributed by atoms with Gasteiger partial charge in [0.2, 0.25) is 0 Å². The number of nitrogens with one attached hydrogen (secondary N) is 2. The lowest BCUT2D eigenvalue weighted by Gasteiger charge is -2.34. The third-order valence-corrected chi connectivity index (χ3v) is 7.66. The summed E-state index contributed by atoms with van der Waals surface area (Å²) in [6.45, 7) is 4.80. The molecule has 0 unspecified atom stereocenters. The van der Waals surface area contributed by atoms with Gasteiger partial charge in [-0.2, -0.15) is 26.7 Å². The van der Waals surface area contributed by atoms with Crippen LogP contribution in [0.3, 0.4) is 0 Å². The van der Waals surface area contributed by atoms with Gasteiger partial charge in [-0.15, -0.1) is 0 Å². The van der Waals surface area contributed by atoms with Crippen LogP contribution in [0.4, 0.5) is 24.8 Å². The summed E-state index contributed by atoms with van der Waals surface area (Å²) in [4.78, 5) is 22.9. The Morgan fingerprint density at radius 2 is 1.87 bits per heavy atom. The van der Waals surface area contributed by atoms with Crippen molar-refractivity contribution in [2.45, 2.75) is 56.8 Å². The predicted octanol–water partition coefficient (Wildman–Crippen LogP) is 4.31. The number of aromatic nitrogens is 4. The van der Waals surface area contributed by atoms with Crippen LogP contribution in [0.5, 0.6) is 0 Å². The number of piperazine rings is 1. The lowest BCUT2D eigenvalue weighted by molar-refractivity contribution is -0.147. The van der Waals surface area contributed by atoms with Gasteiger partial charge in [0.25, 0.3) is 0 Å². The molecule has 8 nitrogen and oxygen atoms in total. The fourth-order valence-corrected chi connectivity index (χ4v) is 5.62. The summed E-state index contributed by atoms with van der Waals surface area (Å²) in [6, 6.07) is 4.28. The number of hydrogen-bond donors (Lipinski definition) is 2. The number of alkyl halides is 3. The first-order valence-electron chi connectivity index (χ1n) is 13.5. The number of pyridine rings is 2. The van der Waals surface area contributed by atoms with Crippen molar-refractivity contribution in [2.75, 3.05) is 49.5 Å². The average molecular weight is 561 g/mol. The van der Waals surface area contributed by atoms with Crippen molar-refractivity contribution in [3.05, 3.63) is 36.3 Å². The summed E-state index contributed by atoms with van der Waals surface area (Å²) >= 11 is 0. The molecule has 2 N–H and O–H groups in total. The first kappa shape index (κ1) is 27.9. The number of hydrogen-bond acceptors (Lipinski definition) is 8. The van der Waals surface area contributed by atoms with Gasteiger partial charge in [0.05, 0.1) is 18.3 Å². The molecular formula is C27H35F3N8S. The highest BCUT2D eigenvalue weighted by molar-refractivity contribution is 7.59. The van der Waals surface area contributed by atoms with Crippen LogP contribution in [-0.2, 0) is 0 Å². The minimum Gasteiger partial charge on any atom is -0.367 e. The Balaban J connectivity index is 0.00000308. The van der Waals surface area contributed by atoms with Gasteiger partial charge in [-0.05, 0) is 56.2 Å². The second-order valence-electron chi connectivity index (χ2n) is 10.8. The van der Waals surface area contributed by atoms with Crippen LogP contribution >= 0.6 is 13.5 Å². The molecule has 210 valence electrons. The zero-order chi connectivity index (χ0) is 26.3. The molecule has 0 aromatic carbocycles. The zero-order valence-electron chi connectivity index (χ0n) is 22.0. The highest BCUT2D eigenvalue weighted by Gasteiger charge is 2.33. The van der Waals surface area contributed by atoms with Gasteiger partial charge in [0.1, 0.15) is 11.6 Å². The maximum atomic E-state index is 12.7. The molecule has 1 atom stereocenters. The molecule has 2 saturated heterocycles. The van der Waals surface area contributed by atoms with E-state index in [0.717, 1.165) is 41.9 Å². The smallest absolute Gasteiger partial charge is 0.367 e. The molecule has 6 rings (SSSR count). The Bertz CT molecular complexity index is 1290.